The van der Waals surface area contributed by atoms with Crippen LogP contribution in [-0.2, 0) is 0 Å². The van der Waals surface area contributed by atoms with E-state index in [1.165, 1.54) is 6.07 Å². The lowest BCUT2D eigenvalue weighted by Crippen LogP contribution is -2.33. The van der Waals surface area contributed by atoms with Crippen molar-refractivity contribution in [3.63, 3.8) is 0 Å². The van der Waals surface area contributed by atoms with Crippen molar-refractivity contribution < 1.29 is 4.39 Å². The van der Waals surface area contributed by atoms with E-state index in [0.29, 0.717) is 29.0 Å². The average molecular weight is 285 g/mol. The number of hydrogen-bond donors (Lipinski definition) is 1. The number of hydrogen-bond acceptors (Lipinski definition) is 2. The number of rotatable bonds is 4. The van der Waals surface area contributed by atoms with Gasteiger partial charge in [-0.05, 0) is 36.9 Å². The van der Waals surface area contributed by atoms with Crippen LogP contribution in [0.4, 0.5) is 4.39 Å². The third kappa shape index (κ3) is 3.10. The Bertz CT molecular complexity index is 416. The summed E-state index contributed by atoms with van der Waals surface area (Å²) in [7, 11) is 0. The smallest absolute Gasteiger partial charge is 0.129 e. The molecule has 2 nitrogen and oxygen atoms in total. The second-order valence-corrected chi connectivity index (χ2v) is 6.08. The molecule has 0 aromatic heterocycles. The Morgan fingerprint density at radius 3 is 2.74 bits per heavy atom. The Morgan fingerprint density at radius 2 is 2.21 bits per heavy atom. The molecule has 1 saturated heterocycles. The zero-order valence-electron chi connectivity index (χ0n) is 11.6. The maximum absolute atomic E-state index is 14.0. The first-order valence-electron chi connectivity index (χ1n) is 6.92. The molecule has 19 heavy (non-hydrogen) atoms. The molecule has 1 aliphatic heterocycles. The number of halogens is 2. The molecule has 4 heteroatoms. The van der Waals surface area contributed by atoms with E-state index in [-0.39, 0.29) is 11.9 Å². The minimum atomic E-state index is -0.254. The van der Waals surface area contributed by atoms with Crippen molar-refractivity contribution in [2.75, 3.05) is 19.6 Å². The fourth-order valence-electron chi connectivity index (χ4n) is 2.92. The van der Waals surface area contributed by atoms with Crippen molar-refractivity contribution in [1.29, 1.82) is 0 Å². The molecule has 1 aliphatic rings. The second kappa shape index (κ2) is 6.21. The highest BCUT2D eigenvalue weighted by Gasteiger charge is 2.32. The standard InChI is InChI=1S/C15H22ClFN2/c1-10(2)11-6-7-19(9-11)14(8-18)15-12(16)4-3-5-13(15)17/h3-5,10-11,14H,6-9,18H2,1-2H3. The van der Waals surface area contributed by atoms with Gasteiger partial charge >= 0.3 is 0 Å². The zero-order valence-corrected chi connectivity index (χ0v) is 12.3. The summed E-state index contributed by atoms with van der Waals surface area (Å²) in [6.07, 6.45) is 1.15. The largest absolute Gasteiger partial charge is 0.329 e. The number of nitrogens with zero attached hydrogens (tertiary/aromatic N) is 1. The van der Waals surface area contributed by atoms with Crippen LogP contribution in [0.3, 0.4) is 0 Å². The van der Waals surface area contributed by atoms with Gasteiger partial charge in [0.25, 0.3) is 0 Å². The minimum absolute atomic E-state index is 0.113. The van der Waals surface area contributed by atoms with E-state index in [2.05, 4.69) is 18.7 Å². The summed E-state index contributed by atoms with van der Waals surface area (Å²) in [6.45, 7) is 6.81. The van der Waals surface area contributed by atoms with Crippen LogP contribution in [0.2, 0.25) is 5.02 Å². The van der Waals surface area contributed by atoms with Crippen LogP contribution in [0.5, 0.6) is 0 Å². The van der Waals surface area contributed by atoms with E-state index >= 15 is 0 Å². The van der Waals surface area contributed by atoms with Gasteiger partial charge in [-0.15, -0.1) is 0 Å². The lowest BCUT2D eigenvalue weighted by atomic mass is 9.95. The summed E-state index contributed by atoms with van der Waals surface area (Å²) in [5, 5.41) is 0.475. The molecule has 1 aromatic carbocycles. The predicted octanol–water partition coefficient (Wildman–Crippen LogP) is 3.46. The molecule has 1 fully saturated rings. The Balaban J connectivity index is 2.22. The molecular formula is C15H22ClFN2. The van der Waals surface area contributed by atoms with Crippen molar-refractivity contribution in [3.8, 4) is 0 Å². The van der Waals surface area contributed by atoms with Crippen molar-refractivity contribution in [2.24, 2.45) is 17.6 Å². The molecule has 1 heterocycles. The Kier molecular flexibility index (Phi) is 4.82. The summed E-state index contributed by atoms with van der Waals surface area (Å²) in [5.74, 6) is 1.06. The van der Waals surface area contributed by atoms with Gasteiger partial charge in [0.15, 0.2) is 0 Å². The molecule has 2 unspecified atom stereocenters. The van der Waals surface area contributed by atoms with E-state index in [1.807, 2.05) is 0 Å². The number of nitrogens with two attached hydrogens (primary N) is 1. The van der Waals surface area contributed by atoms with Gasteiger partial charge in [0.05, 0.1) is 6.04 Å². The maximum atomic E-state index is 14.0. The molecule has 2 N–H and O–H groups in total. The van der Waals surface area contributed by atoms with Gasteiger partial charge in [-0.1, -0.05) is 31.5 Å². The normalized spacial score (nSPS) is 22.1. The van der Waals surface area contributed by atoms with Gasteiger partial charge in [0.2, 0.25) is 0 Å². The van der Waals surface area contributed by atoms with Crippen LogP contribution in [0, 0.1) is 17.7 Å². The minimum Gasteiger partial charge on any atom is -0.329 e. The van der Waals surface area contributed by atoms with Gasteiger partial charge in [-0.25, -0.2) is 4.39 Å². The highest BCUT2D eigenvalue weighted by molar-refractivity contribution is 6.31. The van der Waals surface area contributed by atoms with Crippen LogP contribution in [-0.4, -0.2) is 24.5 Å². The summed E-state index contributed by atoms with van der Waals surface area (Å²) in [5.41, 5.74) is 6.43. The molecular weight excluding hydrogens is 263 g/mol. The van der Waals surface area contributed by atoms with E-state index < -0.39 is 0 Å². The molecule has 0 radical (unpaired) electrons. The van der Waals surface area contributed by atoms with Crippen molar-refractivity contribution >= 4 is 11.6 Å². The zero-order chi connectivity index (χ0) is 14.0. The average Bonchev–Trinajstić information content (AvgIpc) is 2.83. The van der Waals surface area contributed by atoms with Crippen LogP contribution in [0.15, 0.2) is 18.2 Å². The van der Waals surface area contributed by atoms with Crippen LogP contribution in [0.25, 0.3) is 0 Å². The van der Waals surface area contributed by atoms with E-state index in [9.17, 15) is 4.39 Å². The quantitative estimate of drug-likeness (QED) is 0.917. The molecule has 0 bridgehead atoms. The SMILES string of the molecule is CC(C)C1CCN(C(CN)c2c(F)cccc2Cl)C1. The molecule has 0 saturated carbocycles. The number of likely N-dealkylation sites (tertiary alicyclic amines) is 1. The third-order valence-electron chi connectivity index (χ3n) is 4.20. The highest BCUT2D eigenvalue weighted by atomic mass is 35.5. The summed E-state index contributed by atoms with van der Waals surface area (Å²) in [4.78, 5) is 2.27. The molecule has 0 amide bonds. The number of benzene rings is 1. The first kappa shape index (κ1) is 14.8. The fraction of sp³-hybridized carbons (Fsp3) is 0.600. The van der Waals surface area contributed by atoms with Gasteiger partial charge in [0.1, 0.15) is 5.82 Å². The lowest BCUT2D eigenvalue weighted by molar-refractivity contribution is 0.227. The van der Waals surface area contributed by atoms with Crippen LogP contribution in [0.1, 0.15) is 31.9 Å². The third-order valence-corrected chi connectivity index (χ3v) is 4.53. The van der Waals surface area contributed by atoms with Gasteiger partial charge in [-0.2, -0.15) is 0 Å². The van der Waals surface area contributed by atoms with E-state index in [1.54, 1.807) is 12.1 Å². The first-order valence-corrected chi connectivity index (χ1v) is 7.30. The summed E-state index contributed by atoms with van der Waals surface area (Å²) >= 11 is 6.16. The monoisotopic (exact) mass is 284 g/mol. The Hall–Kier alpha value is -0.640. The van der Waals surface area contributed by atoms with Crippen LogP contribution < -0.4 is 5.73 Å². The Morgan fingerprint density at radius 1 is 1.47 bits per heavy atom. The van der Waals surface area contributed by atoms with Crippen molar-refractivity contribution in [2.45, 2.75) is 26.3 Å². The fourth-order valence-corrected chi connectivity index (χ4v) is 3.21. The molecule has 2 atom stereocenters. The molecule has 1 aromatic rings. The van der Waals surface area contributed by atoms with E-state index in [0.717, 1.165) is 19.5 Å². The van der Waals surface area contributed by atoms with Gasteiger partial charge < -0.3 is 5.73 Å². The van der Waals surface area contributed by atoms with Crippen molar-refractivity contribution in [3.05, 3.63) is 34.6 Å². The first-order chi connectivity index (χ1) is 9.04. The maximum Gasteiger partial charge on any atom is 0.129 e. The highest BCUT2D eigenvalue weighted by Crippen LogP contribution is 2.34. The van der Waals surface area contributed by atoms with E-state index in [4.69, 9.17) is 17.3 Å². The summed E-state index contributed by atoms with van der Waals surface area (Å²) < 4.78 is 14.0. The summed E-state index contributed by atoms with van der Waals surface area (Å²) in [6, 6.07) is 4.71. The Labute approximate surface area is 119 Å². The second-order valence-electron chi connectivity index (χ2n) is 5.67. The molecule has 0 aliphatic carbocycles. The lowest BCUT2D eigenvalue weighted by Gasteiger charge is -2.28. The van der Waals surface area contributed by atoms with Crippen molar-refractivity contribution in [1.82, 2.24) is 4.90 Å². The van der Waals surface area contributed by atoms with Gasteiger partial charge in [0, 0.05) is 23.7 Å². The topological polar surface area (TPSA) is 29.3 Å². The molecule has 0 spiro atoms. The van der Waals surface area contributed by atoms with Gasteiger partial charge in [-0.3, -0.25) is 4.90 Å². The molecule has 2 rings (SSSR count). The molecule has 106 valence electrons. The van der Waals surface area contributed by atoms with Crippen LogP contribution >= 0.6 is 11.6 Å². The predicted molar refractivity (Wildman–Crippen MR) is 77.7 cm³/mol.